The molecule has 2 heterocycles. The van der Waals surface area contributed by atoms with E-state index < -0.39 is 11.9 Å². The molecular weight excluding hydrogens is 317 g/mol. The molecule has 0 aliphatic heterocycles. The third-order valence-electron chi connectivity index (χ3n) is 2.13. The van der Waals surface area contributed by atoms with Gasteiger partial charge in [0.05, 0.1) is 15.0 Å². The van der Waals surface area contributed by atoms with Crippen molar-refractivity contribution in [3.05, 3.63) is 32.6 Å². The molecule has 2 aromatic heterocycles. The van der Waals surface area contributed by atoms with Crippen LogP contribution in [0.2, 0.25) is 0 Å². The van der Waals surface area contributed by atoms with E-state index in [2.05, 4.69) is 20.9 Å². The third-order valence-corrected chi connectivity index (χ3v) is 3.82. The van der Waals surface area contributed by atoms with Crippen LogP contribution in [-0.4, -0.2) is 4.98 Å². The van der Waals surface area contributed by atoms with Crippen molar-refractivity contribution in [3.63, 3.8) is 0 Å². The molecule has 0 aliphatic carbocycles. The third kappa shape index (κ3) is 2.23. The van der Waals surface area contributed by atoms with Gasteiger partial charge in [0.1, 0.15) is 11.8 Å². The summed E-state index contributed by atoms with van der Waals surface area (Å²) in [6.07, 6.45) is -4.48. The van der Waals surface area contributed by atoms with Crippen LogP contribution < -0.4 is 0 Å². The van der Waals surface area contributed by atoms with Gasteiger partial charge in [0.25, 0.3) is 0 Å². The number of hydrogen-bond donors (Lipinski definition) is 1. The van der Waals surface area contributed by atoms with Gasteiger partial charge >= 0.3 is 6.18 Å². The zero-order valence-electron chi connectivity index (χ0n) is 8.10. The maximum absolute atomic E-state index is 12.5. The predicted molar refractivity (Wildman–Crippen MR) is 61.5 cm³/mol. The molecular formula is C10H4BrF3N2S. The summed E-state index contributed by atoms with van der Waals surface area (Å²) in [4.78, 5) is 2.25. The Labute approximate surface area is 107 Å². The molecule has 0 amide bonds. The Bertz CT molecular complexity index is 591. The molecule has 0 saturated heterocycles. The second-order valence-corrected chi connectivity index (χ2v) is 5.42. The van der Waals surface area contributed by atoms with Gasteiger partial charge in [-0.05, 0) is 33.4 Å². The van der Waals surface area contributed by atoms with Crippen molar-refractivity contribution in [1.29, 1.82) is 5.26 Å². The average molecular weight is 321 g/mol. The Morgan fingerprint density at radius 3 is 2.59 bits per heavy atom. The standard InChI is InChI=1S/C10H4BrF3N2S/c11-9-6(1-2-17-9)8-5(4-15)3-7(16-8)10(12,13)14/h1-3,16H. The zero-order valence-corrected chi connectivity index (χ0v) is 10.5. The molecule has 0 bridgehead atoms. The number of hydrogen-bond acceptors (Lipinski definition) is 2. The van der Waals surface area contributed by atoms with Crippen molar-refractivity contribution in [2.24, 2.45) is 0 Å². The molecule has 0 radical (unpaired) electrons. The molecule has 1 N–H and O–H groups in total. The molecule has 0 aromatic carbocycles. The van der Waals surface area contributed by atoms with Crippen molar-refractivity contribution in [1.82, 2.24) is 4.98 Å². The molecule has 0 saturated carbocycles. The van der Waals surface area contributed by atoms with Crippen LogP contribution in [0.3, 0.4) is 0 Å². The van der Waals surface area contributed by atoms with E-state index in [-0.39, 0.29) is 11.3 Å². The monoisotopic (exact) mass is 320 g/mol. The summed E-state index contributed by atoms with van der Waals surface area (Å²) in [7, 11) is 0. The summed E-state index contributed by atoms with van der Waals surface area (Å²) in [6.45, 7) is 0. The highest BCUT2D eigenvalue weighted by molar-refractivity contribution is 9.11. The quantitative estimate of drug-likeness (QED) is 0.831. The van der Waals surface area contributed by atoms with Crippen LogP contribution in [-0.2, 0) is 6.18 Å². The summed E-state index contributed by atoms with van der Waals surface area (Å²) in [5.74, 6) is 0. The maximum atomic E-state index is 12.5. The molecule has 0 unspecified atom stereocenters. The molecule has 0 aliphatic rings. The Hall–Kier alpha value is -1.26. The molecule has 0 atom stereocenters. The van der Waals surface area contributed by atoms with Crippen LogP contribution in [0.15, 0.2) is 21.3 Å². The van der Waals surface area contributed by atoms with Crippen LogP contribution in [0.25, 0.3) is 11.3 Å². The minimum absolute atomic E-state index is 0.0172. The summed E-state index contributed by atoms with van der Waals surface area (Å²) in [5, 5.41) is 10.6. The maximum Gasteiger partial charge on any atom is 0.431 e. The number of H-pyrrole nitrogens is 1. The highest BCUT2D eigenvalue weighted by Crippen LogP contribution is 2.37. The van der Waals surface area contributed by atoms with E-state index >= 15 is 0 Å². The normalized spacial score (nSPS) is 11.5. The number of rotatable bonds is 1. The van der Waals surface area contributed by atoms with E-state index in [4.69, 9.17) is 5.26 Å². The van der Waals surface area contributed by atoms with Crippen molar-refractivity contribution in [2.75, 3.05) is 0 Å². The molecule has 88 valence electrons. The number of halogens is 4. The largest absolute Gasteiger partial charge is 0.431 e. The SMILES string of the molecule is N#Cc1cc(C(F)(F)F)[nH]c1-c1ccsc1Br. The molecule has 17 heavy (non-hydrogen) atoms. The number of aromatic amines is 1. The summed E-state index contributed by atoms with van der Waals surface area (Å²) >= 11 is 4.58. The predicted octanol–water partition coefficient (Wildman–Crippen LogP) is 4.40. The fourth-order valence-corrected chi connectivity index (χ4v) is 2.66. The zero-order chi connectivity index (χ0) is 12.6. The topological polar surface area (TPSA) is 39.6 Å². The fraction of sp³-hybridized carbons (Fsp3) is 0.100. The van der Waals surface area contributed by atoms with E-state index in [1.54, 1.807) is 17.5 Å². The van der Waals surface area contributed by atoms with Gasteiger partial charge in [-0.1, -0.05) is 0 Å². The smallest absolute Gasteiger partial charge is 0.350 e. The van der Waals surface area contributed by atoms with Gasteiger partial charge in [0, 0.05) is 5.56 Å². The molecule has 0 spiro atoms. The first kappa shape index (κ1) is 12.2. The van der Waals surface area contributed by atoms with E-state index in [0.717, 1.165) is 6.07 Å². The summed E-state index contributed by atoms with van der Waals surface area (Å²) < 4.78 is 38.2. The first-order valence-electron chi connectivity index (χ1n) is 4.37. The first-order valence-corrected chi connectivity index (χ1v) is 6.04. The lowest BCUT2D eigenvalue weighted by atomic mass is 10.1. The van der Waals surface area contributed by atoms with Crippen LogP contribution >= 0.6 is 27.3 Å². The number of nitrogens with one attached hydrogen (secondary N) is 1. The Morgan fingerprint density at radius 2 is 2.12 bits per heavy atom. The molecule has 0 fully saturated rings. The fourth-order valence-electron chi connectivity index (χ4n) is 1.38. The van der Waals surface area contributed by atoms with Gasteiger partial charge in [-0.2, -0.15) is 18.4 Å². The number of aromatic nitrogens is 1. The summed E-state index contributed by atoms with van der Waals surface area (Å²) in [5.41, 5.74) is -0.187. The minimum atomic E-state index is -4.48. The first-order chi connectivity index (χ1) is 7.93. The van der Waals surface area contributed by atoms with E-state index in [0.29, 0.717) is 9.35 Å². The van der Waals surface area contributed by atoms with Crippen molar-refractivity contribution in [2.45, 2.75) is 6.18 Å². The Morgan fingerprint density at radius 1 is 1.41 bits per heavy atom. The Balaban J connectivity index is 2.60. The van der Waals surface area contributed by atoms with Gasteiger partial charge in [0.15, 0.2) is 0 Å². The second-order valence-electron chi connectivity index (χ2n) is 3.19. The van der Waals surface area contributed by atoms with Crippen LogP contribution in [0.1, 0.15) is 11.3 Å². The lowest BCUT2D eigenvalue weighted by Crippen LogP contribution is -2.04. The minimum Gasteiger partial charge on any atom is -0.350 e. The van der Waals surface area contributed by atoms with Gasteiger partial charge in [0.2, 0.25) is 0 Å². The number of nitrogens with zero attached hydrogens (tertiary/aromatic N) is 1. The van der Waals surface area contributed by atoms with Crippen molar-refractivity contribution >= 4 is 27.3 Å². The summed E-state index contributed by atoms with van der Waals surface area (Å²) in [6, 6.07) is 4.23. The van der Waals surface area contributed by atoms with Crippen LogP contribution in [0.4, 0.5) is 13.2 Å². The van der Waals surface area contributed by atoms with Crippen molar-refractivity contribution in [3.8, 4) is 17.3 Å². The van der Waals surface area contributed by atoms with Crippen molar-refractivity contribution < 1.29 is 13.2 Å². The molecule has 7 heteroatoms. The lowest BCUT2D eigenvalue weighted by molar-refractivity contribution is -0.140. The molecule has 2 aromatic rings. The average Bonchev–Trinajstić information content (AvgIpc) is 2.81. The highest BCUT2D eigenvalue weighted by atomic mass is 79.9. The van der Waals surface area contributed by atoms with Crippen LogP contribution in [0, 0.1) is 11.3 Å². The Kier molecular flexibility index (Phi) is 3.02. The second kappa shape index (κ2) is 4.20. The number of nitriles is 1. The lowest BCUT2D eigenvalue weighted by Gasteiger charge is -2.02. The van der Waals surface area contributed by atoms with Gasteiger partial charge in [-0.15, -0.1) is 11.3 Å². The van der Waals surface area contributed by atoms with E-state index in [1.807, 2.05) is 0 Å². The molecule has 2 rings (SSSR count). The van der Waals surface area contributed by atoms with E-state index in [1.165, 1.54) is 11.3 Å². The van der Waals surface area contributed by atoms with E-state index in [9.17, 15) is 13.2 Å². The van der Waals surface area contributed by atoms with Crippen LogP contribution in [0.5, 0.6) is 0 Å². The van der Waals surface area contributed by atoms with Gasteiger partial charge in [-0.25, -0.2) is 0 Å². The van der Waals surface area contributed by atoms with Gasteiger partial charge in [-0.3, -0.25) is 0 Å². The van der Waals surface area contributed by atoms with Gasteiger partial charge < -0.3 is 4.98 Å². The molecule has 2 nitrogen and oxygen atoms in total. The number of alkyl halides is 3. The highest BCUT2D eigenvalue weighted by Gasteiger charge is 2.34. The number of thiophene rings is 1.